The van der Waals surface area contributed by atoms with E-state index in [2.05, 4.69) is 0 Å². The normalized spacial score (nSPS) is 17.9. The molecular formula is C12H14O3. The van der Waals surface area contributed by atoms with E-state index in [1.54, 1.807) is 18.2 Å². The van der Waals surface area contributed by atoms with Crippen LogP contribution in [0, 0.1) is 0 Å². The van der Waals surface area contributed by atoms with Gasteiger partial charge in [0.2, 0.25) is 0 Å². The predicted molar refractivity (Wildman–Crippen MR) is 55.7 cm³/mol. The van der Waals surface area contributed by atoms with Crippen LogP contribution in [0.1, 0.15) is 24.8 Å². The van der Waals surface area contributed by atoms with E-state index in [0.29, 0.717) is 0 Å². The molecule has 1 aromatic carbocycles. The molecule has 0 bridgehead atoms. The molecule has 1 aromatic rings. The Balaban J connectivity index is 2.38. The average Bonchev–Trinajstić information content (AvgIpc) is 2.16. The van der Waals surface area contributed by atoms with Crippen molar-refractivity contribution in [1.29, 1.82) is 0 Å². The summed E-state index contributed by atoms with van der Waals surface area (Å²) in [6, 6.07) is 6.88. The van der Waals surface area contributed by atoms with Crippen LogP contribution >= 0.6 is 0 Å². The zero-order valence-electron chi connectivity index (χ0n) is 8.69. The summed E-state index contributed by atoms with van der Waals surface area (Å²) in [6.07, 6.45) is 2.65. The lowest BCUT2D eigenvalue weighted by Crippen LogP contribution is -2.43. The molecule has 0 amide bonds. The van der Waals surface area contributed by atoms with Gasteiger partial charge in [0.25, 0.3) is 0 Å². The molecule has 0 atom stereocenters. The number of rotatable bonds is 2. The monoisotopic (exact) mass is 206 g/mol. The van der Waals surface area contributed by atoms with Gasteiger partial charge in [0.15, 0.2) is 0 Å². The molecule has 0 radical (unpaired) electrons. The third-order valence-corrected chi connectivity index (χ3v) is 3.18. The highest BCUT2D eigenvalue weighted by atomic mass is 16.5. The van der Waals surface area contributed by atoms with Crippen LogP contribution in [0.25, 0.3) is 0 Å². The number of phenolic OH excluding ortho intramolecular Hbond substituents is 1. The highest BCUT2D eigenvalue weighted by molar-refractivity contribution is 5.84. The van der Waals surface area contributed by atoms with Gasteiger partial charge in [0.05, 0.1) is 12.5 Å². The number of hydrogen-bond donors (Lipinski definition) is 1. The van der Waals surface area contributed by atoms with Crippen LogP contribution in [-0.2, 0) is 14.9 Å². The molecule has 3 nitrogen and oxygen atoms in total. The molecule has 0 heterocycles. The molecule has 0 aliphatic heterocycles. The molecule has 3 heteroatoms. The fourth-order valence-corrected chi connectivity index (χ4v) is 2.14. The van der Waals surface area contributed by atoms with Crippen LogP contribution in [-0.4, -0.2) is 18.2 Å². The van der Waals surface area contributed by atoms with Crippen LogP contribution < -0.4 is 0 Å². The SMILES string of the molecule is COC(=O)C1(c2cccc(O)c2)CCC1. The van der Waals surface area contributed by atoms with E-state index in [-0.39, 0.29) is 11.7 Å². The molecule has 1 aliphatic rings. The highest BCUT2D eigenvalue weighted by Gasteiger charge is 2.46. The third kappa shape index (κ3) is 1.48. The number of aromatic hydroxyl groups is 1. The Morgan fingerprint density at radius 3 is 2.67 bits per heavy atom. The first kappa shape index (κ1) is 10.0. The van der Waals surface area contributed by atoms with Gasteiger partial charge in [-0.1, -0.05) is 18.6 Å². The van der Waals surface area contributed by atoms with Gasteiger partial charge in [-0.3, -0.25) is 4.79 Å². The van der Waals surface area contributed by atoms with E-state index in [1.807, 2.05) is 6.07 Å². The molecule has 15 heavy (non-hydrogen) atoms. The van der Waals surface area contributed by atoms with Crippen molar-refractivity contribution in [3.8, 4) is 5.75 Å². The Morgan fingerprint density at radius 1 is 1.47 bits per heavy atom. The Kier molecular flexibility index (Phi) is 2.39. The molecule has 1 aliphatic carbocycles. The Labute approximate surface area is 88.7 Å². The van der Waals surface area contributed by atoms with Crippen LogP contribution in [0.4, 0.5) is 0 Å². The summed E-state index contributed by atoms with van der Waals surface area (Å²) in [5, 5.41) is 9.40. The van der Waals surface area contributed by atoms with Crippen molar-refractivity contribution >= 4 is 5.97 Å². The van der Waals surface area contributed by atoms with Crippen molar-refractivity contribution in [2.75, 3.05) is 7.11 Å². The number of hydrogen-bond acceptors (Lipinski definition) is 3. The lowest BCUT2D eigenvalue weighted by atomic mass is 9.64. The first-order valence-corrected chi connectivity index (χ1v) is 5.07. The van der Waals surface area contributed by atoms with Crippen molar-refractivity contribution in [2.45, 2.75) is 24.7 Å². The second-order valence-electron chi connectivity index (χ2n) is 3.98. The van der Waals surface area contributed by atoms with Crippen molar-refractivity contribution in [2.24, 2.45) is 0 Å². The van der Waals surface area contributed by atoms with Gasteiger partial charge in [0.1, 0.15) is 5.75 Å². The first-order chi connectivity index (χ1) is 7.19. The molecule has 0 aromatic heterocycles. The van der Waals surface area contributed by atoms with Gasteiger partial charge in [-0.2, -0.15) is 0 Å². The standard InChI is InChI=1S/C12H14O3/c1-15-11(14)12(6-3-7-12)9-4-2-5-10(13)8-9/h2,4-5,8,13H,3,6-7H2,1H3. The summed E-state index contributed by atoms with van der Waals surface area (Å²) in [4.78, 5) is 11.7. The van der Waals surface area contributed by atoms with E-state index in [9.17, 15) is 9.90 Å². The Morgan fingerprint density at radius 2 is 2.20 bits per heavy atom. The van der Waals surface area contributed by atoms with Gasteiger partial charge in [-0.15, -0.1) is 0 Å². The molecule has 80 valence electrons. The van der Waals surface area contributed by atoms with E-state index < -0.39 is 5.41 Å². The summed E-state index contributed by atoms with van der Waals surface area (Å²) in [5.41, 5.74) is 0.355. The summed E-state index contributed by atoms with van der Waals surface area (Å²) in [7, 11) is 1.41. The fourth-order valence-electron chi connectivity index (χ4n) is 2.14. The van der Waals surface area contributed by atoms with Gasteiger partial charge >= 0.3 is 5.97 Å². The number of ether oxygens (including phenoxy) is 1. The van der Waals surface area contributed by atoms with Gasteiger partial charge in [-0.25, -0.2) is 0 Å². The minimum Gasteiger partial charge on any atom is -0.508 e. The van der Waals surface area contributed by atoms with Crippen molar-refractivity contribution in [1.82, 2.24) is 0 Å². The summed E-state index contributed by atoms with van der Waals surface area (Å²) in [6.45, 7) is 0. The second kappa shape index (κ2) is 3.57. The topological polar surface area (TPSA) is 46.5 Å². The zero-order valence-corrected chi connectivity index (χ0v) is 8.69. The number of benzene rings is 1. The predicted octanol–water partition coefficient (Wildman–Crippen LogP) is 1.99. The van der Waals surface area contributed by atoms with E-state index >= 15 is 0 Å². The van der Waals surface area contributed by atoms with Crippen LogP contribution in [0.3, 0.4) is 0 Å². The number of carbonyl (C=O) groups is 1. The maximum Gasteiger partial charge on any atom is 0.316 e. The van der Waals surface area contributed by atoms with E-state index in [4.69, 9.17) is 4.74 Å². The van der Waals surface area contributed by atoms with Crippen LogP contribution in [0.2, 0.25) is 0 Å². The van der Waals surface area contributed by atoms with Gasteiger partial charge < -0.3 is 9.84 Å². The summed E-state index contributed by atoms with van der Waals surface area (Å²) in [5.74, 6) is 0.00188. The lowest BCUT2D eigenvalue weighted by Gasteiger charge is -2.39. The highest BCUT2D eigenvalue weighted by Crippen LogP contribution is 2.45. The third-order valence-electron chi connectivity index (χ3n) is 3.18. The van der Waals surface area contributed by atoms with Crippen molar-refractivity contribution in [3.05, 3.63) is 29.8 Å². The average molecular weight is 206 g/mol. The number of esters is 1. The quantitative estimate of drug-likeness (QED) is 0.753. The maximum absolute atomic E-state index is 11.7. The molecule has 0 unspecified atom stereocenters. The van der Waals surface area contributed by atoms with Crippen molar-refractivity contribution in [3.63, 3.8) is 0 Å². The molecule has 0 spiro atoms. The van der Waals surface area contributed by atoms with E-state index in [0.717, 1.165) is 24.8 Å². The Bertz CT molecular complexity index is 380. The summed E-state index contributed by atoms with van der Waals surface area (Å²) >= 11 is 0. The molecule has 2 rings (SSSR count). The molecule has 1 saturated carbocycles. The van der Waals surface area contributed by atoms with Crippen LogP contribution in [0.15, 0.2) is 24.3 Å². The number of carbonyl (C=O) groups excluding carboxylic acids is 1. The number of methoxy groups -OCH3 is 1. The molecule has 0 saturated heterocycles. The Hall–Kier alpha value is -1.51. The summed E-state index contributed by atoms with van der Waals surface area (Å²) < 4.78 is 4.83. The molecule has 1 fully saturated rings. The fraction of sp³-hybridized carbons (Fsp3) is 0.417. The molecule has 1 N–H and O–H groups in total. The van der Waals surface area contributed by atoms with Gasteiger partial charge in [0, 0.05) is 0 Å². The maximum atomic E-state index is 11.7. The number of phenols is 1. The minimum absolute atomic E-state index is 0.195. The van der Waals surface area contributed by atoms with Crippen molar-refractivity contribution < 1.29 is 14.6 Å². The van der Waals surface area contributed by atoms with Gasteiger partial charge in [-0.05, 0) is 30.5 Å². The van der Waals surface area contributed by atoms with E-state index in [1.165, 1.54) is 7.11 Å². The molecular weight excluding hydrogens is 192 g/mol. The zero-order chi connectivity index (χ0) is 10.9. The van der Waals surface area contributed by atoms with Crippen LogP contribution in [0.5, 0.6) is 5.75 Å². The lowest BCUT2D eigenvalue weighted by molar-refractivity contribution is -0.151. The second-order valence-corrected chi connectivity index (χ2v) is 3.98. The largest absolute Gasteiger partial charge is 0.508 e. The first-order valence-electron chi connectivity index (χ1n) is 5.07. The minimum atomic E-state index is -0.506. The smallest absolute Gasteiger partial charge is 0.316 e.